The Kier molecular flexibility index (Phi) is 19.8. The van der Waals surface area contributed by atoms with Crippen molar-refractivity contribution in [2.75, 3.05) is 9.80 Å². The van der Waals surface area contributed by atoms with Crippen molar-refractivity contribution in [3.63, 3.8) is 0 Å². The van der Waals surface area contributed by atoms with Gasteiger partial charge in [-0.25, -0.2) is 0 Å². The fourth-order valence-corrected chi connectivity index (χ4v) is 17.9. The molecule has 122 heavy (non-hydrogen) atoms. The summed E-state index contributed by atoms with van der Waals surface area (Å²) in [4.78, 5) is 4.76. The molecule has 0 aliphatic carbocycles. The number of anilines is 6. The van der Waals surface area contributed by atoms with Gasteiger partial charge in [-0.1, -0.05) is 413 Å². The van der Waals surface area contributed by atoms with E-state index in [4.69, 9.17) is 0 Å². The lowest BCUT2D eigenvalue weighted by Gasteiger charge is -2.26. The molecule has 2 heteroatoms. The molecule has 0 amide bonds. The van der Waals surface area contributed by atoms with E-state index in [1.54, 1.807) is 0 Å². The molecule has 0 atom stereocenters. The van der Waals surface area contributed by atoms with Crippen LogP contribution in [0.3, 0.4) is 0 Å². The van der Waals surface area contributed by atoms with Gasteiger partial charge in [0.2, 0.25) is 0 Å². The standard InChI is InChI=1S/C120H82N2/c1-5-22-87(23-6-1)90-52-44-83(45-53-90)40-42-85-48-56-95(57-49-85)117-109-32-13-17-36-113(109)119(114-37-18-14-33-110(114)117)97-67-75-106(76-68-97)121(104-71-62-92(63-72-104)89-26-9-3-10-27-89)105-73-64-93(65-74-105)99-28-21-29-100(80-99)101-61-60-94-66-79-108(82-102(94)81-101)122(103-30-11-4-12-31-103)107-77-69-98(70-78-107)120-115-38-19-15-34-111(115)118(112-35-16-20-39-116(112)120)96-58-50-86(51-59-96)43-41-84-46-54-91(55-47-84)88-24-7-2-8-25-88/h1-82H. The van der Waals surface area contributed by atoms with Gasteiger partial charge in [-0.15, -0.1) is 0 Å². The van der Waals surface area contributed by atoms with Crippen LogP contribution in [-0.4, -0.2) is 0 Å². The molecule has 0 spiro atoms. The Morgan fingerprint density at radius 2 is 0.328 bits per heavy atom. The van der Waals surface area contributed by atoms with Crippen LogP contribution in [0.2, 0.25) is 0 Å². The smallest absolute Gasteiger partial charge is 0.0468 e. The third-order valence-electron chi connectivity index (χ3n) is 24.0. The van der Waals surface area contributed by atoms with E-state index in [0.717, 1.165) is 78.5 Å². The highest BCUT2D eigenvalue weighted by Gasteiger charge is 2.23. The van der Waals surface area contributed by atoms with E-state index in [1.807, 2.05) is 0 Å². The molecule has 0 saturated carbocycles. The van der Waals surface area contributed by atoms with Gasteiger partial charge in [-0.2, -0.15) is 0 Å². The molecule has 0 aliphatic rings. The third kappa shape index (κ3) is 14.7. The Balaban J connectivity index is 0.557. The predicted octanol–water partition coefficient (Wildman–Crippen LogP) is 33.7. The molecule has 0 radical (unpaired) electrons. The molecule has 0 aromatic heterocycles. The topological polar surface area (TPSA) is 6.48 Å². The maximum atomic E-state index is 2.38. The lowest BCUT2D eigenvalue weighted by atomic mass is 9.86. The first-order valence-corrected chi connectivity index (χ1v) is 42.0. The summed E-state index contributed by atoms with van der Waals surface area (Å²) in [7, 11) is 0. The second-order valence-electron chi connectivity index (χ2n) is 31.5. The van der Waals surface area contributed by atoms with Crippen molar-refractivity contribution in [2.45, 2.75) is 0 Å². The Morgan fingerprint density at radius 3 is 0.656 bits per heavy atom. The highest BCUT2D eigenvalue weighted by atomic mass is 15.1. The van der Waals surface area contributed by atoms with Gasteiger partial charge in [0, 0.05) is 34.1 Å². The van der Waals surface area contributed by atoms with Gasteiger partial charge in [0.1, 0.15) is 0 Å². The molecule has 0 heterocycles. The first-order valence-electron chi connectivity index (χ1n) is 42.0. The maximum Gasteiger partial charge on any atom is 0.0468 e. The quantitative estimate of drug-likeness (QED) is 0.0588. The van der Waals surface area contributed by atoms with E-state index in [9.17, 15) is 0 Å². The molecule has 0 saturated heterocycles. The third-order valence-corrected chi connectivity index (χ3v) is 24.0. The first-order chi connectivity index (χ1) is 60.5. The van der Waals surface area contributed by atoms with Crippen molar-refractivity contribution in [1.29, 1.82) is 0 Å². The Hall–Kier alpha value is -16.0. The van der Waals surface area contributed by atoms with Crippen molar-refractivity contribution in [1.82, 2.24) is 0 Å². The fourth-order valence-electron chi connectivity index (χ4n) is 17.9. The Bertz CT molecular complexity index is 7320. The molecule has 21 aromatic rings. The van der Waals surface area contributed by atoms with Crippen LogP contribution >= 0.6 is 0 Å². The molecule has 572 valence electrons. The van der Waals surface area contributed by atoms with Gasteiger partial charge >= 0.3 is 0 Å². The summed E-state index contributed by atoms with van der Waals surface area (Å²) in [6, 6.07) is 173. The normalized spacial score (nSPS) is 11.5. The zero-order valence-corrected chi connectivity index (χ0v) is 67.2. The lowest BCUT2D eigenvalue weighted by Crippen LogP contribution is -2.09. The zero-order valence-electron chi connectivity index (χ0n) is 67.2. The van der Waals surface area contributed by atoms with E-state index in [0.29, 0.717) is 0 Å². The minimum absolute atomic E-state index is 1.06. The summed E-state index contributed by atoms with van der Waals surface area (Å²) in [6.07, 6.45) is 8.81. The van der Waals surface area contributed by atoms with Crippen LogP contribution < -0.4 is 9.80 Å². The Morgan fingerprint density at radius 1 is 0.123 bits per heavy atom. The second kappa shape index (κ2) is 32.8. The average molecular weight is 1550 g/mol. The summed E-state index contributed by atoms with van der Waals surface area (Å²) in [5.74, 6) is 0. The van der Waals surface area contributed by atoms with Crippen LogP contribution in [0.1, 0.15) is 22.3 Å². The van der Waals surface area contributed by atoms with E-state index in [2.05, 4.69) is 507 Å². The molecule has 0 unspecified atom stereocenters. The molecule has 0 N–H and O–H groups in total. The maximum absolute atomic E-state index is 2.38. The van der Waals surface area contributed by atoms with E-state index in [1.165, 1.54) is 132 Å². The predicted molar refractivity (Wildman–Crippen MR) is 523 cm³/mol. The van der Waals surface area contributed by atoms with Gasteiger partial charge in [-0.3, -0.25) is 0 Å². The number of hydrogen-bond acceptors (Lipinski definition) is 2. The van der Waals surface area contributed by atoms with Crippen LogP contribution in [-0.2, 0) is 0 Å². The fraction of sp³-hybridized carbons (Fsp3) is 0. The molecule has 21 rings (SSSR count). The van der Waals surface area contributed by atoms with Crippen molar-refractivity contribution >= 4 is 112 Å². The SMILES string of the molecule is C(=Cc1ccc(-c2c3ccccc3c(-c3ccc(N(c4ccc(-c5ccccc5)cc4)c4ccc(-c5cccc(-c6ccc7ccc(N(c8ccccc8)c8ccc(-c9c%10ccccc%10c(-c%10ccc(C=Cc%11ccc(-c%12ccccc%12)cc%11)cc%10)c%10ccccc9%10)cc8)cc7c6)c5)cc4)cc3)c3ccccc23)cc1)c1ccc(-c2ccccc2)cc1. The molecule has 0 fully saturated rings. The first kappa shape index (κ1) is 73.6. The van der Waals surface area contributed by atoms with Crippen molar-refractivity contribution in [3.8, 4) is 100 Å². The summed E-state index contributed by atoms with van der Waals surface area (Å²) in [5, 5.41) is 12.1. The zero-order chi connectivity index (χ0) is 81.1. The number of rotatable bonds is 19. The van der Waals surface area contributed by atoms with Gasteiger partial charge in [0.05, 0.1) is 0 Å². The minimum Gasteiger partial charge on any atom is -0.311 e. The Labute approximate surface area is 712 Å². The number of nitrogens with zero attached hydrogens (tertiary/aromatic N) is 2. The van der Waals surface area contributed by atoms with Crippen LogP contribution in [0.25, 0.3) is 178 Å². The number of hydrogen-bond donors (Lipinski definition) is 0. The monoisotopic (exact) mass is 1550 g/mol. The number of fused-ring (bicyclic) bond motifs is 5. The van der Waals surface area contributed by atoms with Gasteiger partial charge in [0.15, 0.2) is 0 Å². The highest BCUT2D eigenvalue weighted by molar-refractivity contribution is 6.23. The van der Waals surface area contributed by atoms with Crippen molar-refractivity contribution < 1.29 is 0 Å². The summed E-state index contributed by atoms with van der Waals surface area (Å²) >= 11 is 0. The van der Waals surface area contributed by atoms with Crippen molar-refractivity contribution in [2.24, 2.45) is 0 Å². The molecule has 0 bridgehead atoms. The molecule has 2 nitrogen and oxygen atoms in total. The number of para-hydroxylation sites is 1. The van der Waals surface area contributed by atoms with Gasteiger partial charge in [0.25, 0.3) is 0 Å². The lowest BCUT2D eigenvalue weighted by molar-refractivity contribution is 1.28. The second-order valence-corrected chi connectivity index (χ2v) is 31.5. The molecular weight excluding hydrogens is 1470 g/mol. The van der Waals surface area contributed by atoms with E-state index in [-0.39, 0.29) is 0 Å². The van der Waals surface area contributed by atoms with Gasteiger partial charge < -0.3 is 9.80 Å². The highest BCUT2D eigenvalue weighted by Crippen LogP contribution is 2.49. The summed E-state index contributed by atoms with van der Waals surface area (Å²) in [6.45, 7) is 0. The van der Waals surface area contributed by atoms with Crippen LogP contribution in [0.15, 0.2) is 473 Å². The number of benzene rings is 21. The van der Waals surface area contributed by atoms with Crippen LogP contribution in [0, 0.1) is 0 Å². The molecular formula is C120H82N2. The van der Waals surface area contributed by atoms with E-state index < -0.39 is 0 Å². The van der Waals surface area contributed by atoms with Crippen LogP contribution in [0.4, 0.5) is 34.1 Å². The minimum atomic E-state index is 1.06. The average Bonchev–Trinajstić information content (AvgIpc) is 0.736. The van der Waals surface area contributed by atoms with Crippen LogP contribution in [0.5, 0.6) is 0 Å². The van der Waals surface area contributed by atoms with E-state index >= 15 is 0 Å². The summed E-state index contributed by atoms with van der Waals surface area (Å²) < 4.78 is 0. The van der Waals surface area contributed by atoms with Crippen molar-refractivity contribution in [3.05, 3.63) is 495 Å². The van der Waals surface area contributed by atoms with Gasteiger partial charge in [-0.05, 0) is 261 Å². The molecule has 21 aromatic carbocycles. The largest absolute Gasteiger partial charge is 0.311 e. The summed E-state index contributed by atoms with van der Waals surface area (Å²) in [5.41, 5.74) is 32.6. The molecule has 0 aliphatic heterocycles.